The van der Waals surface area contributed by atoms with Crippen LogP contribution in [0.1, 0.15) is 48.3 Å². The van der Waals surface area contributed by atoms with E-state index in [2.05, 4.69) is 16.8 Å². The number of carbonyl (C=O) groups is 2. The number of anilines is 1. The van der Waals surface area contributed by atoms with Gasteiger partial charge in [0.1, 0.15) is 6.04 Å². The Morgan fingerprint density at radius 2 is 1.93 bits per heavy atom. The van der Waals surface area contributed by atoms with Crippen molar-refractivity contribution in [2.45, 2.75) is 56.6 Å². The Labute approximate surface area is 231 Å². The Morgan fingerprint density at radius 1 is 1.18 bits per heavy atom. The Bertz CT molecular complexity index is 1190. The van der Waals surface area contributed by atoms with E-state index in [1.54, 1.807) is 24.3 Å². The van der Waals surface area contributed by atoms with Crippen LogP contribution >= 0.6 is 0 Å². The molecule has 216 valence electrons. The number of halogens is 3. The normalized spacial score (nSPS) is 23.3. The smallest absolute Gasteiger partial charge is 0.392 e. The predicted octanol–water partition coefficient (Wildman–Crippen LogP) is 4.33. The first-order valence-electron chi connectivity index (χ1n) is 13.2. The summed E-state index contributed by atoms with van der Waals surface area (Å²) in [5, 5.41) is 12.1. The summed E-state index contributed by atoms with van der Waals surface area (Å²) < 4.78 is 51.6. The van der Waals surface area contributed by atoms with Crippen molar-refractivity contribution in [3.63, 3.8) is 0 Å². The van der Waals surface area contributed by atoms with Gasteiger partial charge in [-0.1, -0.05) is 42.5 Å². The minimum absolute atomic E-state index is 0.0615. The summed E-state index contributed by atoms with van der Waals surface area (Å²) >= 11 is 0. The second-order valence-electron chi connectivity index (χ2n) is 10.1. The lowest BCUT2D eigenvalue weighted by Crippen LogP contribution is -2.48. The maximum atomic E-state index is 13.0. The minimum Gasteiger partial charge on any atom is -0.392 e. The van der Waals surface area contributed by atoms with Crippen molar-refractivity contribution in [3.8, 4) is 0 Å². The number of nitrogens with one attached hydrogen (secondary N) is 1. The van der Waals surface area contributed by atoms with Gasteiger partial charge in [-0.25, -0.2) is 0 Å². The van der Waals surface area contributed by atoms with Crippen LogP contribution in [0, 0.1) is 0 Å². The summed E-state index contributed by atoms with van der Waals surface area (Å²) in [4.78, 5) is 27.4. The van der Waals surface area contributed by atoms with Crippen LogP contribution in [0.15, 0.2) is 61.2 Å². The van der Waals surface area contributed by atoms with Gasteiger partial charge in [-0.15, -0.1) is 6.58 Å². The first-order valence-corrected chi connectivity index (χ1v) is 13.2. The summed E-state index contributed by atoms with van der Waals surface area (Å²) in [6.45, 7) is 4.90. The molecule has 2 aromatic rings. The van der Waals surface area contributed by atoms with E-state index in [-0.39, 0.29) is 31.8 Å². The molecule has 0 saturated carbocycles. The molecule has 0 radical (unpaired) electrons. The van der Waals surface area contributed by atoms with Gasteiger partial charge in [0, 0.05) is 37.3 Å². The first kappa shape index (κ1) is 29.7. The van der Waals surface area contributed by atoms with Crippen LogP contribution in [-0.2, 0) is 25.7 Å². The molecular weight excluding hydrogens is 527 g/mol. The first-order chi connectivity index (χ1) is 19.1. The Kier molecular flexibility index (Phi) is 9.62. The molecule has 11 heteroatoms. The summed E-state index contributed by atoms with van der Waals surface area (Å²) in [6, 6.07) is 13.1. The van der Waals surface area contributed by atoms with Gasteiger partial charge in [0.05, 0.1) is 18.8 Å². The molecule has 2 fully saturated rings. The van der Waals surface area contributed by atoms with Crippen LogP contribution in [0.25, 0.3) is 0 Å². The molecule has 0 spiro atoms. The number of aliphatic hydroxyl groups is 1. The maximum Gasteiger partial charge on any atom is 0.471 e. The van der Waals surface area contributed by atoms with Gasteiger partial charge in [0.15, 0.2) is 6.29 Å². The number of likely N-dealkylation sites (N-methyl/N-ethyl adjacent to an activating group) is 1. The number of hydrogen-bond acceptors (Lipinski definition) is 6. The molecule has 4 atom stereocenters. The lowest BCUT2D eigenvalue weighted by Gasteiger charge is -2.37. The molecule has 2 saturated heterocycles. The molecule has 2 aliphatic heterocycles. The highest BCUT2D eigenvalue weighted by molar-refractivity contribution is 5.98. The maximum absolute atomic E-state index is 13.0. The molecule has 0 aliphatic carbocycles. The summed E-state index contributed by atoms with van der Waals surface area (Å²) in [7, 11) is 1.96. The number of carbonyl (C=O) groups excluding carboxylic acids is 2. The van der Waals surface area contributed by atoms with Crippen molar-refractivity contribution < 1.29 is 37.3 Å². The fraction of sp³-hybridized carbons (Fsp3) is 0.448. The quantitative estimate of drug-likeness (QED) is 0.443. The van der Waals surface area contributed by atoms with Crippen LogP contribution in [0.4, 0.5) is 18.9 Å². The molecule has 2 amide bonds. The summed E-state index contributed by atoms with van der Waals surface area (Å²) in [6.07, 6.45) is -3.43. The third-order valence-electron chi connectivity index (χ3n) is 7.06. The number of hydrogen-bond donors (Lipinski definition) is 2. The van der Waals surface area contributed by atoms with E-state index in [0.717, 1.165) is 11.1 Å². The lowest BCUT2D eigenvalue weighted by atomic mass is 9.99. The number of aliphatic hydroxyl groups excluding tert-OH is 1. The third-order valence-corrected chi connectivity index (χ3v) is 7.06. The Hall–Kier alpha value is -3.25. The van der Waals surface area contributed by atoms with E-state index in [1.165, 1.54) is 0 Å². The molecule has 2 aromatic carbocycles. The highest BCUT2D eigenvalue weighted by atomic mass is 19.4. The lowest BCUT2D eigenvalue weighted by molar-refractivity contribution is -0.252. The van der Waals surface area contributed by atoms with E-state index < -0.39 is 30.3 Å². The second kappa shape index (κ2) is 12.9. The van der Waals surface area contributed by atoms with Crippen LogP contribution in [-0.4, -0.2) is 71.7 Å². The zero-order valence-electron chi connectivity index (χ0n) is 22.3. The molecule has 2 aliphatic rings. The van der Waals surface area contributed by atoms with Gasteiger partial charge < -0.3 is 29.7 Å². The van der Waals surface area contributed by atoms with Crippen LogP contribution in [0.2, 0.25) is 0 Å². The topological polar surface area (TPSA) is 91.3 Å². The standard InChI is InChI=1S/C29H34F3N3O5/c1-3-13-34(2)17-23-16-25(20-11-9-19(18-36)10-12-20)40-27(39-23)21-6-4-7-22(15-21)33-26(37)24-8-5-14-35(24)28(38)29(30,31)32/h3-4,6-7,9-12,15,23-25,27,36H,1,5,8,13-14,16-18H2,2H3,(H,33,37). The number of alkyl halides is 3. The number of rotatable bonds is 9. The Balaban J connectivity index is 1.51. The average molecular weight is 562 g/mol. The SMILES string of the molecule is C=CCN(C)CC1CC(c2ccc(CO)cc2)OC(c2cccc(NC(=O)C3CCCN3C(=O)C(F)(F)F)c2)O1. The van der Waals surface area contributed by atoms with Gasteiger partial charge >= 0.3 is 12.1 Å². The number of amides is 2. The van der Waals surface area contributed by atoms with E-state index in [0.29, 0.717) is 42.1 Å². The third kappa shape index (κ3) is 7.28. The van der Waals surface area contributed by atoms with Crippen molar-refractivity contribution in [3.05, 3.63) is 77.9 Å². The summed E-state index contributed by atoms with van der Waals surface area (Å²) in [5.41, 5.74) is 2.70. The van der Waals surface area contributed by atoms with Crippen molar-refractivity contribution in [2.24, 2.45) is 0 Å². The zero-order chi connectivity index (χ0) is 28.9. The molecule has 8 nitrogen and oxygen atoms in total. The van der Waals surface area contributed by atoms with Gasteiger partial charge in [0.25, 0.3) is 0 Å². The van der Waals surface area contributed by atoms with E-state index in [9.17, 15) is 27.9 Å². The van der Waals surface area contributed by atoms with Crippen LogP contribution < -0.4 is 5.32 Å². The average Bonchev–Trinajstić information content (AvgIpc) is 3.42. The zero-order valence-corrected chi connectivity index (χ0v) is 22.3. The fourth-order valence-electron chi connectivity index (χ4n) is 5.11. The van der Waals surface area contributed by atoms with Gasteiger partial charge in [-0.3, -0.25) is 9.59 Å². The van der Waals surface area contributed by atoms with Crippen molar-refractivity contribution in [1.82, 2.24) is 9.80 Å². The van der Waals surface area contributed by atoms with E-state index in [1.807, 2.05) is 37.4 Å². The fourth-order valence-corrected chi connectivity index (χ4v) is 5.11. The number of likely N-dealkylation sites (tertiary alicyclic amines) is 1. The monoisotopic (exact) mass is 561 g/mol. The molecule has 0 aromatic heterocycles. The summed E-state index contributed by atoms with van der Waals surface area (Å²) in [5.74, 6) is -2.68. The van der Waals surface area contributed by atoms with E-state index >= 15 is 0 Å². The number of nitrogens with zero attached hydrogens (tertiary/aromatic N) is 2. The molecule has 4 unspecified atom stereocenters. The molecule has 2 heterocycles. The predicted molar refractivity (Wildman–Crippen MR) is 142 cm³/mol. The minimum atomic E-state index is -5.04. The molecule has 40 heavy (non-hydrogen) atoms. The largest absolute Gasteiger partial charge is 0.471 e. The number of ether oxygens (including phenoxy) is 2. The molecule has 2 N–H and O–H groups in total. The van der Waals surface area contributed by atoms with Crippen molar-refractivity contribution in [1.29, 1.82) is 0 Å². The second-order valence-corrected chi connectivity index (χ2v) is 10.1. The number of benzene rings is 2. The molecule has 4 rings (SSSR count). The van der Waals surface area contributed by atoms with Gasteiger partial charge in [0.2, 0.25) is 5.91 Å². The van der Waals surface area contributed by atoms with Crippen LogP contribution in [0.5, 0.6) is 0 Å². The van der Waals surface area contributed by atoms with E-state index in [4.69, 9.17) is 9.47 Å². The van der Waals surface area contributed by atoms with Gasteiger partial charge in [-0.2, -0.15) is 13.2 Å². The molecular formula is C29H34F3N3O5. The van der Waals surface area contributed by atoms with Gasteiger partial charge in [-0.05, 0) is 43.1 Å². The van der Waals surface area contributed by atoms with Crippen molar-refractivity contribution >= 4 is 17.5 Å². The van der Waals surface area contributed by atoms with Crippen molar-refractivity contribution in [2.75, 3.05) is 32.0 Å². The van der Waals surface area contributed by atoms with Crippen LogP contribution in [0.3, 0.4) is 0 Å². The highest BCUT2D eigenvalue weighted by Gasteiger charge is 2.47. The highest BCUT2D eigenvalue weighted by Crippen LogP contribution is 2.38. The molecule has 0 bridgehead atoms. The Morgan fingerprint density at radius 3 is 2.60 bits per heavy atom.